The van der Waals surface area contributed by atoms with Gasteiger partial charge in [0.25, 0.3) is 0 Å². The Morgan fingerprint density at radius 3 is 2.43 bits per heavy atom. The number of hydrogen-bond donors (Lipinski definition) is 0. The van der Waals surface area contributed by atoms with Crippen LogP contribution < -0.4 is 0 Å². The fourth-order valence-electron chi connectivity index (χ4n) is 2.32. The third-order valence-corrected chi connectivity index (χ3v) is 5.74. The molecule has 0 aliphatic heterocycles. The molecule has 3 nitrogen and oxygen atoms in total. The Morgan fingerprint density at radius 2 is 1.86 bits per heavy atom. The first-order valence-corrected chi connectivity index (χ1v) is 9.14. The van der Waals surface area contributed by atoms with Gasteiger partial charge >= 0.3 is 0 Å². The summed E-state index contributed by atoms with van der Waals surface area (Å²) in [4.78, 5) is 4.39. The van der Waals surface area contributed by atoms with Gasteiger partial charge in [-0.3, -0.25) is 4.68 Å². The van der Waals surface area contributed by atoms with Gasteiger partial charge < -0.3 is 0 Å². The second kappa shape index (κ2) is 7.49. The van der Waals surface area contributed by atoms with E-state index < -0.39 is 0 Å². The fourth-order valence-corrected chi connectivity index (χ4v) is 4.29. The summed E-state index contributed by atoms with van der Waals surface area (Å²) in [6.45, 7) is 2.98. The molecule has 0 saturated heterocycles. The standard InChI is InChI=1S/C15H18Br2FN3/c1-2-7-21-14(19-11-20-21)8-15(9-16,10-17)12-3-5-13(18)6-4-12/h3-6,11H,2,7-10H2,1H3. The van der Waals surface area contributed by atoms with Crippen LogP contribution in [0, 0.1) is 5.82 Å². The van der Waals surface area contributed by atoms with E-state index in [0.29, 0.717) is 0 Å². The summed E-state index contributed by atoms with van der Waals surface area (Å²) in [6.07, 6.45) is 3.36. The second-order valence-electron chi connectivity index (χ2n) is 5.13. The Bertz CT molecular complexity index is 565. The molecule has 0 unspecified atom stereocenters. The monoisotopic (exact) mass is 417 g/mol. The lowest BCUT2D eigenvalue weighted by Gasteiger charge is -2.30. The first kappa shape index (κ1) is 16.6. The fraction of sp³-hybridized carbons (Fsp3) is 0.467. The molecule has 1 aromatic heterocycles. The molecule has 0 N–H and O–H groups in total. The van der Waals surface area contributed by atoms with Crippen molar-refractivity contribution >= 4 is 31.9 Å². The minimum atomic E-state index is -0.217. The Balaban J connectivity index is 2.33. The molecular formula is C15H18Br2FN3. The average molecular weight is 419 g/mol. The van der Waals surface area contributed by atoms with Crippen LogP contribution in [0.25, 0.3) is 0 Å². The normalized spacial score (nSPS) is 11.8. The van der Waals surface area contributed by atoms with E-state index in [-0.39, 0.29) is 11.2 Å². The van der Waals surface area contributed by atoms with Gasteiger partial charge in [0.15, 0.2) is 0 Å². The summed E-state index contributed by atoms with van der Waals surface area (Å²) in [5, 5.41) is 5.80. The molecule has 0 spiro atoms. The van der Waals surface area contributed by atoms with E-state index in [0.717, 1.165) is 41.4 Å². The van der Waals surface area contributed by atoms with E-state index in [1.807, 2.05) is 16.8 Å². The zero-order chi connectivity index (χ0) is 15.3. The van der Waals surface area contributed by atoms with Crippen molar-refractivity contribution in [2.75, 3.05) is 10.7 Å². The van der Waals surface area contributed by atoms with Gasteiger partial charge in [0.1, 0.15) is 18.0 Å². The molecular weight excluding hydrogens is 401 g/mol. The largest absolute Gasteiger partial charge is 0.250 e. The predicted molar refractivity (Wildman–Crippen MR) is 89.7 cm³/mol. The molecule has 1 aromatic carbocycles. The van der Waals surface area contributed by atoms with Gasteiger partial charge in [-0.15, -0.1) is 0 Å². The summed E-state index contributed by atoms with van der Waals surface area (Å²) in [7, 11) is 0. The molecule has 0 aliphatic carbocycles. The van der Waals surface area contributed by atoms with Crippen molar-refractivity contribution in [2.24, 2.45) is 0 Å². The van der Waals surface area contributed by atoms with Crippen LogP contribution in [-0.4, -0.2) is 25.4 Å². The van der Waals surface area contributed by atoms with Crippen LogP contribution in [0.3, 0.4) is 0 Å². The highest BCUT2D eigenvalue weighted by atomic mass is 79.9. The topological polar surface area (TPSA) is 30.7 Å². The maximum absolute atomic E-state index is 13.2. The molecule has 2 rings (SSSR count). The number of benzene rings is 1. The molecule has 1 heterocycles. The van der Waals surface area contributed by atoms with Gasteiger partial charge in [0.2, 0.25) is 0 Å². The van der Waals surface area contributed by atoms with E-state index in [4.69, 9.17) is 0 Å². The van der Waals surface area contributed by atoms with Crippen LogP contribution in [-0.2, 0) is 18.4 Å². The summed E-state index contributed by atoms with van der Waals surface area (Å²) in [5.74, 6) is 0.742. The Hall–Kier alpha value is -0.750. The maximum atomic E-state index is 13.2. The molecule has 0 aliphatic rings. The Kier molecular flexibility index (Phi) is 5.93. The van der Waals surface area contributed by atoms with E-state index in [9.17, 15) is 4.39 Å². The Morgan fingerprint density at radius 1 is 1.19 bits per heavy atom. The van der Waals surface area contributed by atoms with Crippen molar-refractivity contribution in [3.8, 4) is 0 Å². The third-order valence-electron chi connectivity index (χ3n) is 3.60. The zero-order valence-corrected chi connectivity index (χ0v) is 15.1. The van der Waals surface area contributed by atoms with E-state index in [1.54, 1.807) is 6.33 Å². The summed E-state index contributed by atoms with van der Waals surface area (Å²) in [6, 6.07) is 6.70. The van der Waals surface area contributed by atoms with Crippen LogP contribution in [0.5, 0.6) is 0 Å². The molecule has 0 atom stereocenters. The minimum Gasteiger partial charge on any atom is -0.250 e. The van der Waals surface area contributed by atoms with E-state index in [1.165, 1.54) is 12.1 Å². The number of nitrogens with zero attached hydrogens (tertiary/aromatic N) is 3. The van der Waals surface area contributed by atoms with Crippen molar-refractivity contribution in [1.29, 1.82) is 0 Å². The smallest absolute Gasteiger partial charge is 0.138 e. The number of halogens is 3. The highest BCUT2D eigenvalue weighted by Gasteiger charge is 2.32. The molecule has 21 heavy (non-hydrogen) atoms. The lowest BCUT2D eigenvalue weighted by atomic mass is 9.81. The molecule has 0 saturated carbocycles. The molecule has 0 fully saturated rings. The zero-order valence-electron chi connectivity index (χ0n) is 11.9. The van der Waals surface area contributed by atoms with Crippen molar-refractivity contribution in [3.63, 3.8) is 0 Å². The summed E-state index contributed by atoms with van der Waals surface area (Å²) < 4.78 is 15.1. The summed E-state index contributed by atoms with van der Waals surface area (Å²) in [5.41, 5.74) is 0.912. The van der Waals surface area contributed by atoms with Crippen molar-refractivity contribution in [3.05, 3.63) is 47.8 Å². The third kappa shape index (κ3) is 3.72. The highest BCUT2D eigenvalue weighted by Crippen LogP contribution is 2.32. The highest BCUT2D eigenvalue weighted by molar-refractivity contribution is 9.09. The van der Waals surface area contributed by atoms with E-state index >= 15 is 0 Å². The molecule has 114 valence electrons. The lowest BCUT2D eigenvalue weighted by molar-refractivity contribution is 0.488. The van der Waals surface area contributed by atoms with Gasteiger partial charge in [-0.1, -0.05) is 50.9 Å². The molecule has 0 amide bonds. The number of aromatic nitrogens is 3. The predicted octanol–water partition coefficient (Wildman–Crippen LogP) is 4.10. The maximum Gasteiger partial charge on any atom is 0.138 e. The first-order valence-electron chi connectivity index (χ1n) is 6.90. The number of alkyl halides is 2. The second-order valence-corrected chi connectivity index (χ2v) is 6.25. The number of rotatable bonds is 7. The average Bonchev–Trinajstić information content (AvgIpc) is 2.93. The van der Waals surface area contributed by atoms with Crippen molar-refractivity contribution in [2.45, 2.75) is 31.7 Å². The molecule has 0 radical (unpaired) electrons. The van der Waals surface area contributed by atoms with Crippen LogP contribution in [0.15, 0.2) is 30.6 Å². The molecule has 6 heteroatoms. The SMILES string of the molecule is CCCn1ncnc1CC(CBr)(CBr)c1ccc(F)cc1. The Labute approximate surface area is 141 Å². The summed E-state index contributed by atoms with van der Waals surface area (Å²) >= 11 is 7.23. The van der Waals surface area contributed by atoms with Crippen LogP contribution in [0.2, 0.25) is 0 Å². The van der Waals surface area contributed by atoms with Crippen LogP contribution in [0.1, 0.15) is 24.7 Å². The van der Waals surface area contributed by atoms with E-state index in [2.05, 4.69) is 48.9 Å². The number of aryl methyl sites for hydroxylation is 1. The minimum absolute atomic E-state index is 0.174. The van der Waals surface area contributed by atoms with Crippen LogP contribution in [0.4, 0.5) is 4.39 Å². The van der Waals surface area contributed by atoms with Gasteiger partial charge in [-0.2, -0.15) is 5.10 Å². The molecule has 2 aromatic rings. The number of hydrogen-bond acceptors (Lipinski definition) is 2. The van der Waals surface area contributed by atoms with Crippen molar-refractivity contribution < 1.29 is 4.39 Å². The van der Waals surface area contributed by atoms with Crippen molar-refractivity contribution in [1.82, 2.24) is 14.8 Å². The van der Waals surface area contributed by atoms with Gasteiger partial charge in [0, 0.05) is 29.0 Å². The van der Waals surface area contributed by atoms with Gasteiger partial charge in [-0.05, 0) is 24.1 Å². The van der Waals surface area contributed by atoms with Crippen LogP contribution >= 0.6 is 31.9 Å². The first-order chi connectivity index (χ1) is 10.1. The van der Waals surface area contributed by atoms with Gasteiger partial charge in [-0.25, -0.2) is 9.37 Å². The lowest BCUT2D eigenvalue weighted by Crippen LogP contribution is -2.34. The molecule has 0 bridgehead atoms. The quantitative estimate of drug-likeness (QED) is 0.633. The van der Waals surface area contributed by atoms with Gasteiger partial charge in [0.05, 0.1) is 0 Å².